The first-order valence-electron chi connectivity index (χ1n) is 10.1. The molecule has 3 aromatic rings. The largest absolute Gasteiger partial charge is 0.369 e. The number of nitrogens with one attached hydrogen (secondary N) is 1. The molecule has 1 aromatic heterocycles. The second kappa shape index (κ2) is 10.2. The SMILES string of the molecule is CS(=O)(=O)N1CCN(c2ccc(NC(=O)CSc3nnnn3-c3ccc(Br)cc3)cc2)CC1. The molecule has 1 saturated heterocycles. The second-order valence-electron chi connectivity index (χ2n) is 7.38. The minimum Gasteiger partial charge on any atom is -0.369 e. The van der Waals surface area contributed by atoms with Crippen molar-refractivity contribution in [2.45, 2.75) is 5.16 Å². The van der Waals surface area contributed by atoms with Gasteiger partial charge in [0, 0.05) is 42.0 Å². The molecule has 0 spiro atoms. The molecular formula is C20H22BrN7O3S2. The lowest BCUT2D eigenvalue weighted by Gasteiger charge is -2.34. The molecule has 13 heteroatoms. The fourth-order valence-electron chi connectivity index (χ4n) is 3.37. The molecule has 0 unspecified atom stereocenters. The molecule has 1 fully saturated rings. The number of hydrogen-bond acceptors (Lipinski definition) is 8. The Morgan fingerprint density at radius 1 is 1.03 bits per heavy atom. The Kier molecular flexibility index (Phi) is 7.32. The zero-order chi connectivity index (χ0) is 23.4. The van der Waals surface area contributed by atoms with E-state index in [0.29, 0.717) is 37.0 Å². The number of sulfonamides is 1. The van der Waals surface area contributed by atoms with Crippen molar-refractivity contribution in [2.75, 3.05) is 48.4 Å². The van der Waals surface area contributed by atoms with E-state index in [1.54, 1.807) is 4.68 Å². The summed E-state index contributed by atoms with van der Waals surface area (Å²) in [5.41, 5.74) is 2.48. The number of anilines is 2. The Hall–Kier alpha value is -2.48. The van der Waals surface area contributed by atoms with Crippen LogP contribution in [0.3, 0.4) is 0 Å². The Morgan fingerprint density at radius 3 is 2.30 bits per heavy atom. The molecule has 0 atom stereocenters. The van der Waals surface area contributed by atoms with Gasteiger partial charge in [-0.15, -0.1) is 5.10 Å². The number of rotatable bonds is 7. The fraction of sp³-hybridized carbons (Fsp3) is 0.300. The van der Waals surface area contributed by atoms with Gasteiger partial charge >= 0.3 is 0 Å². The molecule has 0 radical (unpaired) electrons. The molecule has 1 N–H and O–H groups in total. The molecular weight excluding hydrogens is 530 g/mol. The first-order valence-corrected chi connectivity index (χ1v) is 13.7. The fourth-order valence-corrected chi connectivity index (χ4v) is 5.16. The Labute approximate surface area is 204 Å². The van der Waals surface area contributed by atoms with Crippen molar-refractivity contribution in [1.29, 1.82) is 0 Å². The smallest absolute Gasteiger partial charge is 0.234 e. The average molecular weight is 552 g/mol. The molecule has 1 aliphatic rings. The number of hydrogen-bond donors (Lipinski definition) is 1. The third kappa shape index (κ3) is 6.10. The van der Waals surface area contributed by atoms with Crippen LogP contribution >= 0.6 is 27.7 Å². The minimum absolute atomic E-state index is 0.159. The van der Waals surface area contributed by atoms with Gasteiger partial charge in [-0.25, -0.2) is 8.42 Å². The molecule has 2 aromatic carbocycles. The zero-order valence-electron chi connectivity index (χ0n) is 17.8. The molecule has 2 heterocycles. The maximum atomic E-state index is 12.4. The zero-order valence-corrected chi connectivity index (χ0v) is 21.0. The summed E-state index contributed by atoms with van der Waals surface area (Å²) in [6.45, 7) is 2.19. The molecule has 4 rings (SSSR count). The van der Waals surface area contributed by atoms with E-state index in [1.165, 1.54) is 22.3 Å². The van der Waals surface area contributed by atoms with Crippen molar-refractivity contribution >= 4 is 55.0 Å². The Balaban J connectivity index is 1.30. The maximum absolute atomic E-state index is 12.4. The van der Waals surface area contributed by atoms with Crippen molar-refractivity contribution in [3.05, 3.63) is 53.0 Å². The van der Waals surface area contributed by atoms with Gasteiger partial charge in [0.15, 0.2) is 0 Å². The van der Waals surface area contributed by atoms with E-state index >= 15 is 0 Å². The number of thioether (sulfide) groups is 1. The molecule has 0 saturated carbocycles. The van der Waals surface area contributed by atoms with Crippen molar-refractivity contribution in [2.24, 2.45) is 0 Å². The van der Waals surface area contributed by atoms with Gasteiger partial charge in [-0.3, -0.25) is 4.79 Å². The number of nitrogens with zero attached hydrogens (tertiary/aromatic N) is 6. The Bertz CT molecular complexity index is 1210. The van der Waals surface area contributed by atoms with Crippen molar-refractivity contribution in [1.82, 2.24) is 24.5 Å². The number of amides is 1. The van der Waals surface area contributed by atoms with Gasteiger partial charge < -0.3 is 10.2 Å². The van der Waals surface area contributed by atoms with Gasteiger partial charge in [-0.05, 0) is 59.0 Å². The lowest BCUT2D eigenvalue weighted by atomic mass is 10.2. The summed E-state index contributed by atoms with van der Waals surface area (Å²) in [6, 6.07) is 15.1. The van der Waals surface area contributed by atoms with E-state index in [2.05, 4.69) is 41.7 Å². The first-order chi connectivity index (χ1) is 15.8. The van der Waals surface area contributed by atoms with Gasteiger partial charge in [0.05, 0.1) is 17.7 Å². The molecule has 174 valence electrons. The summed E-state index contributed by atoms with van der Waals surface area (Å²) in [4.78, 5) is 14.6. The van der Waals surface area contributed by atoms with Crippen LogP contribution in [0.5, 0.6) is 0 Å². The number of carbonyl (C=O) groups is 1. The molecule has 1 aliphatic heterocycles. The van der Waals surface area contributed by atoms with Gasteiger partial charge in [-0.1, -0.05) is 27.7 Å². The number of halogens is 1. The van der Waals surface area contributed by atoms with E-state index in [4.69, 9.17) is 0 Å². The van der Waals surface area contributed by atoms with Crippen LogP contribution < -0.4 is 10.2 Å². The average Bonchev–Trinajstić information content (AvgIpc) is 3.27. The van der Waals surface area contributed by atoms with Gasteiger partial charge in [0.25, 0.3) is 0 Å². The first kappa shape index (κ1) is 23.7. The summed E-state index contributed by atoms with van der Waals surface area (Å²) in [7, 11) is -3.15. The molecule has 0 bridgehead atoms. The normalized spacial score (nSPS) is 14.9. The van der Waals surface area contributed by atoms with Crippen molar-refractivity contribution in [3.8, 4) is 5.69 Å². The highest BCUT2D eigenvalue weighted by atomic mass is 79.9. The van der Waals surface area contributed by atoms with Gasteiger partial charge in [-0.2, -0.15) is 8.99 Å². The monoisotopic (exact) mass is 551 g/mol. The molecule has 33 heavy (non-hydrogen) atoms. The van der Waals surface area contributed by atoms with Crippen LogP contribution in [0.1, 0.15) is 0 Å². The lowest BCUT2D eigenvalue weighted by molar-refractivity contribution is -0.113. The number of benzene rings is 2. The van der Waals surface area contributed by atoms with Crippen LogP contribution in [0.4, 0.5) is 11.4 Å². The quantitative estimate of drug-likeness (QED) is 0.444. The number of aromatic nitrogens is 4. The summed E-state index contributed by atoms with van der Waals surface area (Å²) in [5, 5.41) is 15.1. The van der Waals surface area contributed by atoms with E-state index < -0.39 is 10.0 Å². The third-order valence-electron chi connectivity index (χ3n) is 5.07. The lowest BCUT2D eigenvalue weighted by Crippen LogP contribution is -2.48. The standard InChI is InChI=1S/C20H22BrN7O3S2/c1-33(30,31)27-12-10-26(11-13-27)17-8-4-16(5-9-17)22-19(29)14-32-20-23-24-25-28(20)18-6-2-15(21)3-7-18/h2-9H,10-14H2,1H3,(H,22,29). The van der Waals surface area contributed by atoms with Crippen LogP contribution in [-0.2, 0) is 14.8 Å². The number of piperazine rings is 1. The highest BCUT2D eigenvalue weighted by Crippen LogP contribution is 2.22. The highest BCUT2D eigenvalue weighted by Gasteiger charge is 2.23. The minimum atomic E-state index is -3.15. The molecule has 10 nitrogen and oxygen atoms in total. The van der Waals surface area contributed by atoms with Crippen molar-refractivity contribution < 1.29 is 13.2 Å². The third-order valence-corrected chi connectivity index (χ3v) is 7.82. The van der Waals surface area contributed by atoms with Crippen LogP contribution in [-0.4, -0.2) is 77.0 Å². The highest BCUT2D eigenvalue weighted by molar-refractivity contribution is 9.10. The van der Waals surface area contributed by atoms with E-state index in [0.717, 1.165) is 15.8 Å². The van der Waals surface area contributed by atoms with Crippen LogP contribution in [0, 0.1) is 0 Å². The maximum Gasteiger partial charge on any atom is 0.234 e. The molecule has 0 aliphatic carbocycles. The predicted octanol–water partition coefficient (Wildman–Crippen LogP) is 2.24. The summed E-state index contributed by atoms with van der Waals surface area (Å²) in [5.74, 6) is -0.00795. The number of tetrazole rings is 1. The second-order valence-corrected chi connectivity index (χ2v) is 11.2. The van der Waals surface area contributed by atoms with Crippen LogP contribution in [0.25, 0.3) is 5.69 Å². The van der Waals surface area contributed by atoms with E-state index in [1.807, 2.05) is 48.5 Å². The van der Waals surface area contributed by atoms with E-state index in [9.17, 15) is 13.2 Å². The van der Waals surface area contributed by atoms with Gasteiger partial charge in [0.2, 0.25) is 21.1 Å². The van der Waals surface area contributed by atoms with Crippen LogP contribution in [0.2, 0.25) is 0 Å². The van der Waals surface area contributed by atoms with Gasteiger partial charge in [0.1, 0.15) is 0 Å². The Morgan fingerprint density at radius 2 is 1.67 bits per heavy atom. The topological polar surface area (TPSA) is 113 Å². The number of carbonyl (C=O) groups excluding carboxylic acids is 1. The molecule has 1 amide bonds. The summed E-state index contributed by atoms with van der Waals surface area (Å²) in [6.07, 6.45) is 1.24. The van der Waals surface area contributed by atoms with E-state index in [-0.39, 0.29) is 11.7 Å². The van der Waals surface area contributed by atoms with Crippen molar-refractivity contribution in [3.63, 3.8) is 0 Å². The summed E-state index contributed by atoms with van der Waals surface area (Å²) < 4.78 is 27.3. The summed E-state index contributed by atoms with van der Waals surface area (Å²) >= 11 is 4.65. The predicted molar refractivity (Wildman–Crippen MR) is 131 cm³/mol. The van der Waals surface area contributed by atoms with Crippen LogP contribution in [0.15, 0.2) is 58.2 Å².